The fourth-order valence-corrected chi connectivity index (χ4v) is 3.91. The zero-order valence-electron chi connectivity index (χ0n) is 17.1. The lowest BCUT2D eigenvalue weighted by Crippen LogP contribution is -2.46. The van der Waals surface area contributed by atoms with Gasteiger partial charge in [0.2, 0.25) is 12.7 Å². The number of para-hydroxylation sites is 1. The summed E-state index contributed by atoms with van der Waals surface area (Å²) >= 11 is 6.05. The Kier molecular flexibility index (Phi) is 6.82. The third-order valence-corrected chi connectivity index (χ3v) is 5.72. The van der Waals surface area contributed by atoms with Crippen LogP contribution < -0.4 is 19.5 Å². The lowest BCUT2D eigenvalue weighted by molar-refractivity contribution is -0.122. The van der Waals surface area contributed by atoms with E-state index in [0.717, 1.165) is 12.8 Å². The molecule has 164 valence electrons. The monoisotopic (exact) mass is 444 g/mol. The summed E-state index contributed by atoms with van der Waals surface area (Å²) in [4.78, 5) is 26.8. The topological polar surface area (TPSA) is 77.1 Å². The first-order chi connectivity index (χ1) is 15.1. The van der Waals surface area contributed by atoms with Gasteiger partial charge in [-0.3, -0.25) is 9.59 Å². The van der Waals surface area contributed by atoms with Gasteiger partial charge in [-0.05, 0) is 49.6 Å². The number of rotatable bonds is 7. The van der Waals surface area contributed by atoms with Crippen LogP contribution in [0.15, 0.2) is 42.5 Å². The third kappa shape index (κ3) is 5.41. The first kappa shape index (κ1) is 21.3. The second-order valence-electron chi connectivity index (χ2n) is 7.58. The summed E-state index contributed by atoms with van der Waals surface area (Å²) in [6, 6.07) is 12.6. The predicted octanol–water partition coefficient (Wildman–Crippen LogP) is 3.65. The van der Waals surface area contributed by atoms with Crippen molar-refractivity contribution in [2.45, 2.75) is 31.7 Å². The molecule has 0 atom stereocenters. The van der Waals surface area contributed by atoms with Crippen LogP contribution in [-0.2, 0) is 4.79 Å². The standard InChI is InChI=1S/C23H25ClN2O5/c24-18-4-1-2-5-19(18)29-13-3-6-22(27)25-17-9-11-26(12-10-17)23(28)16-7-8-20-21(14-16)31-15-30-20/h1-2,4-5,7-8,14,17H,3,6,9-13,15H2,(H,25,27). The van der Waals surface area contributed by atoms with Crippen molar-refractivity contribution in [1.82, 2.24) is 10.2 Å². The summed E-state index contributed by atoms with van der Waals surface area (Å²) in [7, 11) is 0. The number of likely N-dealkylation sites (tertiary alicyclic amines) is 1. The molecule has 31 heavy (non-hydrogen) atoms. The van der Waals surface area contributed by atoms with Crippen molar-refractivity contribution in [2.75, 3.05) is 26.5 Å². The van der Waals surface area contributed by atoms with E-state index in [0.29, 0.717) is 60.4 Å². The summed E-state index contributed by atoms with van der Waals surface area (Å²) < 4.78 is 16.3. The highest BCUT2D eigenvalue weighted by molar-refractivity contribution is 6.32. The largest absolute Gasteiger partial charge is 0.492 e. The van der Waals surface area contributed by atoms with E-state index in [2.05, 4.69) is 5.32 Å². The Hall–Kier alpha value is -2.93. The molecule has 0 radical (unpaired) electrons. The molecule has 0 saturated carbocycles. The molecule has 0 aliphatic carbocycles. The Balaban J connectivity index is 1.16. The molecule has 8 heteroatoms. The van der Waals surface area contributed by atoms with Crippen LogP contribution in [0.3, 0.4) is 0 Å². The van der Waals surface area contributed by atoms with Gasteiger partial charge in [0.25, 0.3) is 5.91 Å². The zero-order valence-corrected chi connectivity index (χ0v) is 17.9. The molecule has 1 N–H and O–H groups in total. The number of hydrogen-bond acceptors (Lipinski definition) is 5. The fraction of sp³-hybridized carbons (Fsp3) is 0.391. The maximum absolute atomic E-state index is 12.8. The second kappa shape index (κ2) is 9.92. The number of amides is 2. The van der Waals surface area contributed by atoms with Crippen molar-refractivity contribution in [2.24, 2.45) is 0 Å². The molecule has 0 spiro atoms. The minimum absolute atomic E-state index is 0.00306. The number of ether oxygens (including phenoxy) is 3. The predicted molar refractivity (Wildman–Crippen MR) is 116 cm³/mol. The molecular formula is C23H25ClN2O5. The highest BCUT2D eigenvalue weighted by Gasteiger charge is 2.26. The first-order valence-corrected chi connectivity index (χ1v) is 10.8. The average Bonchev–Trinajstić information content (AvgIpc) is 3.26. The normalized spacial score (nSPS) is 15.6. The molecule has 2 aromatic carbocycles. The van der Waals surface area contributed by atoms with Crippen molar-refractivity contribution in [3.05, 3.63) is 53.1 Å². The van der Waals surface area contributed by atoms with Gasteiger partial charge in [-0.1, -0.05) is 23.7 Å². The molecule has 1 saturated heterocycles. The van der Waals surface area contributed by atoms with Crippen LogP contribution in [0.4, 0.5) is 0 Å². The first-order valence-electron chi connectivity index (χ1n) is 10.5. The Morgan fingerprint density at radius 2 is 1.87 bits per heavy atom. The van der Waals surface area contributed by atoms with E-state index in [1.165, 1.54) is 0 Å². The van der Waals surface area contributed by atoms with Crippen LogP contribution in [0.1, 0.15) is 36.0 Å². The van der Waals surface area contributed by atoms with E-state index in [1.54, 1.807) is 30.3 Å². The third-order valence-electron chi connectivity index (χ3n) is 5.41. The van der Waals surface area contributed by atoms with E-state index in [-0.39, 0.29) is 24.6 Å². The summed E-state index contributed by atoms with van der Waals surface area (Å²) in [5.41, 5.74) is 0.588. The van der Waals surface area contributed by atoms with Crippen molar-refractivity contribution in [3.8, 4) is 17.2 Å². The Bertz CT molecular complexity index is 943. The minimum atomic E-state index is -0.0280. The molecule has 7 nitrogen and oxygen atoms in total. The van der Waals surface area contributed by atoms with Gasteiger partial charge in [-0.2, -0.15) is 0 Å². The van der Waals surface area contributed by atoms with E-state index < -0.39 is 0 Å². The van der Waals surface area contributed by atoms with Gasteiger partial charge in [-0.15, -0.1) is 0 Å². The number of carbonyl (C=O) groups excluding carboxylic acids is 2. The van der Waals surface area contributed by atoms with Gasteiger partial charge in [0.15, 0.2) is 11.5 Å². The number of piperidine rings is 1. The summed E-state index contributed by atoms with van der Waals surface area (Å²) in [6.07, 6.45) is 2.47. The van der Waals surface area contributed by atoms with Crippen molar-refractivity contribution in [1.29, 1.82) is 0 Å². The van der Waals surface area contributed by atoms with Gasteiger partial charge in [0.1, 0.15) is 5.75 Å². The molecule has 0 bridgehead atoms. The van der Waals surface area contributed by atoms with Gasteiger partial charge in [0.05, 0.1) is 11.6 Å². The maximum atomic E-state index is 12.8. The Labute approximate surface area is 186 Å². The second-order valence-corrected chi connectivity index (χ2v) is 7.99. The number of hydrogen-bond donors (Lipinski definition) is 1. The highest BCUT2D eigenvalue weighted by atomic mass is 35.5. The van der Waals surface area contributed by atoms with Gasteiger partial charge in [-0.25, -0.2) is 0 Å². The number of nitrogens with one attached hydrogen (secondary N) is 1. The van der Waals surface area contributed by atoms with E-state index >= 15 is 0 Å². The Morgan fingerprint density at radius 3 is 2.68 bits per heavy atom. The number of halogens is 1. The van der Waals surface area contributed by atoms with Crippen LogP contribution in [-0.4, -0.2) is 49.2 Å². The number of nitrogens with zero attached hydrogens (tertiary/aromatic N) is 1. The molecule has 2 amide bonds. The quantitative estimate of drug-likeness (QED) is 0.659. The molecule has 2 aliphatic rings. The minimum Gasteiger partial charge on any atom is -0.492 e. The van der Waals surface area contributed by atoms with Crippen molar-refractivity contribution in [3.63, 3.8) is 0 Å². The van der Waals surface area contributed by atoms with Crippen LogP contribution in [0, 0.1) is 0 Å². The van der Waals surface area contributed by atoms with Crippen LogP contribution in [0.25, 0.3) is 0 Å². The van der Waals surface area contributed by atoms with Gasteiger partial charge in [0, 0.05) is 31.1 Å². The maximum Gasteiger partial charge on any atom is 0.253 e. The molecule has 2 aliphatic heterocycles. The number of benzene rings is 2. The molecule has 2 aromatic rings. The summed E-state index contributed by atoms with van der Waals surface area (Å²) in [5.74, 6) is 1.87. The molecule has 4 rings (SSSR count). The van der Waals surface area contributed by atoms with E-state index in [4.69, 9.17) is 25.8 Å². The smallest absolute Gasteiger partial charge is 0.253 e. The Morgan fingerprint density at radius 1 is 1.10 bits per heavy atom. The fourth-order valence-electron chi connectivity index (χ4n) is 3.72. The number of fused-ring (bicyclic) bond motifs is 1. The summed E-state index contributed by atoms with van der Waals surface area (Å²) in [6.45, 7) is 1.82. The van der Waals surface area contributed by atoms with E-state index in [9.17, 15) is 9.59 Å². The molecular weight excluding hydrogens is 420 g/mol. The van der Waals surface area contributed by atoms with E-state index in [1.807, 2.05) is 17.0 Å². The lowest BCUT2D eigenvalue weighted by Gasteiger charge is -2.32. The molecule has 0 unspecified atom stereocenters. The van der Waals surface area contributed by atoms with Crippen molar-refractivity contribution >= 4 is 23.4 Å². The lowest BCUT2D eigenvalue weighted by atomic mass is 10.0. The van der Waals surface area contributed by atoms with Crippen LogP contribution in [0.5, 0.6) is 17.2 Å². The average molecular weight is 445 g/mol. The van der Waals surface area contributed by atoms with Crippen LogP contribution >= 0.6 is 11.6 Å². The molecule has 0 aromatic heterocycles. The molecule has 2 heterocycles. The summed E-state index contributed by atoms with van der Waals surface area (Å²) in [5, 5.41) is 3.63. The van der Waals surface area contributed by atoms with Gasteiger partial charge < -0.3 is 24.4 Å². The van der Waals surface area contributed by atoms with Gasteiger partial charge >= 0.3 is 0 Å². The molecule has 1 fully saturated rings. The zero-order chi connectivity index (χ0) is 21.6. The SMILES string of the molecule is O=C(CCCOc1ccccc1Cl)NC1CCN(C(=O)c2ccc3c(c2)OCO3)CC1. The van der Waals surface area contributed by atoms with Crippen LogP contribution in [0.2, 0.25) is 5.02 Å². The highest BCUT2D eigenvalue weighted by Crippen LogP contribution is 2.33. The number of carbonyl (C=O) groups is 2. The van der Waals surface area contributed by atoms with Crippen molar-refractivity contribution < 1.29 is 23.8 Å².